The number of nitrogens with one attached hydrogen (secondary N) is 1. The summed E-state index contributed by atoms with van der Waals surface area (Å²) in [6, 6.07) is 17.7. The quantitative estimate of drug-likeness (QED) is 0.0969. The molecule has 11 heteroatoms. The number of halogens is 2. The van der Waals surface area contributed by atoms with Crippen molar-refractivity contribution >= 4 is 62.3 Å². The second-order valence-corrected chi connectivity index (χ2v) is 8.41. The molecule has 1 N–H and O–H groups in total. The standard InChI is InChI=1S/C22H15BrIN3O6/c23-18-11-15(27(30)31)7-10-20(18)32-13-21(28)26-25-12-14-5-8-16(9-6-14)33-22(29)17-3-1-2-4-19(17)24/h1-12H,13H2,(H,26,28)/b25-12-. The Morgan fingerprint density at radius 1 is 1.12 bits per heavy atom. The number of carbonyl (C=O) groups is 2. The molecular weight excluding hydrogens is 609 g/mol. The van der Waals surface area contributed by atoms with Gasteiger partial charge in [-0.05, 0) is 86.5 Å². The third kappa shape index (κ3) is 7.08. The van der Waals surface area contributed by atoms with E-state index in [4.69, 9.17) is 9.47 Å². The smallest absolute Gasteiger partial charge is 0.344 e. The molecule has 3 aromatic rings. The van der Waals surface area contributed by atoms with Crippen LogP contribution in [0.3, 0.4) is 0 Å². The molecular formula is C22H15BrIN3O6. The van der Waals surface area contributed by atoms with E-state index in [1.807, 2.05) is 12.1 Å². The molecule has 0 unspecified atom stereocenters. The molecule has 0 aromatic heterocycles. The summed E-state index contributed by atoms with van der Waals surface area (Å²) in [6.07, 6.45) is 1.42. The van der Waals surface area contributed by atoms with Crippen molar-refractivity contribution in [1.29, 1.82) is 0 Å². The number of non-ortho nitro benzene ring substituents is 1. The van der Waals surface area contributed by atoms with Crippen molar-refractivity contribution in [3.05, 3.63) is 96.0 Å². The van der Waals surface area contributed by atoms with E-state index < -0.39 is 16.8 Å². The number of hydrogen-bond acceptors (Lipinski definition) is 7. The van der Waals surface area contributed by atoms with Crippen molar-refractivity contribution in [3.8, 4) is 11.5 Å². The molecule has 0 aliphatic heterocycles. The Bertz CT molecular complexity index is 1220. The highest BCUT2D eigenvalue weighted by atomic mass is 127. The number of hydrazone groups is 1. The number of ether oxygens (including phenoxy) is 2. The van der Waals surface area contributed by atoms with Crippen LogP contribution in [0.1, 0.15) is 15.9 Å². The molecule has 168 valence electrons. The second kappa shape index (κ2) is 11.5. The third-order valence-electron chi connectivity index (χ3n) is 4.07. The van der Waals surface area contributed by atoms with Crippen LogP contribution < -0.4 is 14.9 Å². The average molecular weight is 624 g/mol. The summed E-state index contributed by atoms with van der Waals surface area (Å²) >= 11 is 5.23. The van der Waals surface area contributed by atoms with Crippen molar-refractivity contribution in [2.24, 2.45) is 5.10 Å². The SMILES string of the molecule is O=C(COc1ccc([N+](=O)[O-])cc1Br)N/N=C\c1ccc(OC(=O)c2ccccc2I)cc1. The highest BCUT2D eigenvalue weighted by molar-refractivity contribution is 14.1. The molecule has 0 saturated carbocycles. The molecule has 0 saturated heterocycles. The van der Waals surface area contributed by atoms with Gasteiger partial charge < -0.3 is 9.47 Å². The van der Waals surface area contributed by atoms with Gasteiger partial charge in [-0.15, -0.1) is 0 Å². The largest absolute Gasteiger partial charge is 0.483 e. The first-order valence-corrected chi connectivity index (χ1v) is 11.2. The van der Waals surface area contributed by atoms with Crippen molar-refractivity contribution in [3.63, 3.8) is 0 Å². The number of hydrogen-bond donors (Lipinski definition) is 1. The highest BCUT2D eigenvalue weighted by Gasteiger charge is 2.12. The Morgan fingerprint density at radius 2 is 1.85 bits per heavy atom. The zero-order valence-electron chi connectivity index (χ0n) is 16.7. The molecule has 9 nitrogen and oxygen atoms in total. The van der Waals surface area contributed by atoms with Crippen LogP contribution in [0.25, 0.3) is 0 Å². The van der Waals surface area contributed by atoms with E-state index in [1.54, 1.807) is 36.4 Å². The number of esters is 1. The van der Waals surface area contributed by atoms with Gasteiger partial charge in [0.2, 0.25) is 0 Å². The predicted octanol–water partition coefficient (Wildman–Crippen LogP) is 4.71. The van der Waals surface area contributed by atoms with Gasteiger partial charge in [0, 0.05) is 15.7 Å². The lowest BCUT2D eigenvalue weighted by Crippen LogP contribution is -2.24. The van der Waals surface area contributed by atoms with E-state index in [0.717, 1.165) is 3.57 Å². The Labute approximate surface area is 210 Å². The van der Waals surface area contributed by atoms with Gasteiger partial charge in [0.05, 0.1) is 21.2 Å². The van der Waals surface area contributed by atoms with Gasteiger partial charge in [0.1, 0.15) is 11.5 Å². The van der Waals surface area contributed by atoms with Crippen molar-refractivity contribution < 1.29 is 24.0 Å². The van der Waals surface area contributed by atoms with Crippen LogP contribution in [0.4, 0.5) is 5.69 Å². The minimum atomic E-state index is -0.531. The summed E-state index contributed by atoms with van der Waals surface area (Å²) in [5, 5.41) is 14.6. The minimum absolute atomic E-state index is 0.0983. The first kappa shape index (κ1) is 24.3. The van der Waals surface area contributed by atoms with Gasteiger partial charge in [-0.2, -0.15) is 5.10 Å². The predicted molar refractivity (Wildman–Crippen MR) is 133 cm³/mol. The fourth-order valence-electron chi connectivity index (χ4n) is 2.49. The molecule has 1 amide bonds. The minimum Gasteiger partial charge on any atom is -0.483 e. The molecule has 0 radical (unpaired) electrons. The summed E-state index contributed by atoms with van der Waals surface area (Å²) < 4.78 is 11.8. The molecule has 3 rings (SSSR count). The fraction of sp³-hybridized carbons (Fsp3) is 0.0455. The molecule has 0 atom stereocenters. The summed E-state index contributed by atoms with van der Waals surface area (Å²) in [6.45, 7) is -0.332. The van der Waals surface area contributed by atoms with Crippen LogP contribution in [0, 0.1) is 13.7 Å². The lowest BCUT2D eigenvalue weighted by atomic mass is 10.2. The lowest BCUT2D eigenvalue weighted by Gasteiger charge is -2.07. The van der Waals surface area contributed by atoms with Crippen LogP contribution >= 0.6 is 38.5 Å². The lowest BCUT2D eigenvalue weighted by molar-refractivity contribution is -0.384. The fourth-order valence-corrected chi connectivity index (χ4v) is 3.57. The molecule has 0 spiro atoms. The average Bonchev–Trinajstić information content (AvgIpc) is 2.79. The monoisotopic (exact) mass is 623 g/mol. The number of carbonyl (C=O) groups excluding carboxylic acids is 2. The van der Waals surface area contributed by atoms with Crippen LogP contribution in [0.2, 0.25) is 0 Å². The molecule has 0 aliphatic carbocycles. The number of nitro groups is 1. The Hall–Kier alpha value is -3.32. The van der Waals surface area contributed by atoms with Crippen molar-refractivity contribution in [2.45, 2.75) is 0 Å². The van der Waals surface area contributed by atoms with Gasteiger partial charge in [-0.1, -0.05) is 12.1 Å². The number of benzene rings is 3. The topological polar surface area (TPSA) is 120 Å². The number of amides is 1. The first-order chi connectivity index (χ1) is 15.8. The Balaban J connectivity index is 1.48. The summed E-state index contributed by atoms with van der Waals surface area (Å²) in [4.78, 5) is 34.4. The van der Waals surface area contributed by atoms with Crippen molar-refractivity contribution in [2.75, 3.05) is 6.61 Å². The zero-order valence-corrected chi connectivity index (χ0v) is 20.5. The molecule has 0 fully saturated rings. The van der Waals surface area contributed by atoms with Crippen molar-refractivity contribution in [1.82, 2.24) is 5.43 Å². The normalized spacial score (nSPS) is 10.6. The molecule has 33 heavy (non-hydrogen) atoms. The first-order valence-electron chi connectivity index (χ1n) is 9.29. The van der Waals surface area contributed by atoms with E-state index in [1.165, 1.54) is 24.4 Å². The van der Waals surface area contributed by atoms with Crippen LogP contribution in [-0.2, 0) is 4.79 Å². The summed E-state index contributed by atoms with van der Waals surface area (Å²) in [5.74, 6) is -0.300. The molecule has 0 aliphatic rings. The van der Waals surface area contributed by atoms with Gasteiger partial charge in [0.15, 0.2) is 6.61 Å². The summed E-state index contributed by atoms with van der Waals surface area (Å²) in [5.41, 5.74) is 3.37. The maximum absolute atomic E-state index is 12.3. The maximum Gasteiger partial charge on any atom is 0.344 e. The van der Waals surface area contributed by atoms with Gasteiger partial charge >= 0.3 is 5.97 Å². The number of nitrogens with zero attached hydrogens (tertiary/aromatic N) is 2. The van der Waals surface area contributed by atoms with Gasteiger partial charge in [-0.25, -0.2) is 10.2 Å². The Kier molecular flexibility index (Phi) is 8.49. The van der Waals surface area contributed by atoms with E-state index >= 15 is 0 Å². The van der Waals surface area contributed by atoms with Crippen LogP contribution in [0.15, 0.2) is 76.3 Å². The third-order valence-corrected chi connectivity index (χ3v) is 5.63. The molecule has 3 aromatic carbocycles. The van der Waals surface area contributed by atoms with Gasteiger partial charge in [0.25, 0.3) is 11.6 Å². The van der Waals surface area contributed by atoms with E-state index in [2.05, 4.69) is 49.0 Å². The van der Waals surface area contributed by atoms with Crippen LogP contribution in [0.5, 0.6) is 11.5 Å². The molecule has 0 bridgehead atoms. The highest BCUT2D eigenvalue weighted by Crippen LogP contribution is 2.29. The number of nitro benzene ring substituents is 1. The van der Waals surface area contributed by atoms with Crippen LogP contribution in [-0.4, -0.2) is 29.6 Å². The molecule has 0 heterocycles. The maximum atomic E-state index is 12.3. The van der Waals surface area contributed by atoms with E-state index in [0.29, 0.717) is 21.3 Å². The number of rotatable bonds is 8. The zero-order chi connectivity index (χ0) is 23.8. The summed E-state index contributed by atoms with van der Waals surface area (Å²) in [7, 11) is 0. The van der Waals surface area contributed by atoms with E-state index in [9.17, 15) is 19.7 Å². The van der Waals surface area contributed by atoms with Gasteiger partial charge in [-0.3, -0.25) is 14.9 Å². The Morgan fingerprint density at radius 3 is 2.52 bits per heavy atom. The second-order valence-electron chi connectivity index (χ2n) is 6.39. The van der Waals surface area contributed by atoms with E-state index in [-0.39, 0.29) is 18.0 Å².